The zero-order valence-electron chi connectivity index (χ0n) is 8.63. The molecule has 0 heterocycles. The molecule has 1 aromatic rings. The van der Waals surface area contributed by atoms with Crippen LogP contribution in [0.15, 0.2) is 12.1 Å². The van der Waals surface area contributed by atoms with Gasteiger partial charge in [0, 0.05) is 5.02 Å². The van der Waals surface area contributed by atoms with Crippen LogP contribution in [-0.2, 0) is 10.2 Å². The third kappa shape index (κ3) is 1.46. The van der Waals surface area contributed by atoms with Crippen LogP contribution in [0.3, 0.4) is 0 Å². The second kappa shape index (κ2) is 3.54. The van der Waals surface area contributed by atoms with E-state index in [0.717, 1.165) is 0 Å². The van der Waals surface area contributed by atoms with E-state index in [0.29, 0.717) is 27.7 Å². The van der Waals surface area contributed by atoms with E-state index in [4.69, 9.17) is 28.9 Å². The molecule has 0 amide bonds. The van der Waals surface area contributed by atoms with Crippen molar-refractivity contribution in [3.63, 3.8) is 0 Å². The van der Waals surface area contributed by atoms with Crippen LogP contribution in [0, 0.1) is 5.92 Å². The highest BCUT2D eigenvalue weighted by molar-refractivity contribution is 6.36. The van der Waals surface area contributed by atoms with E-state index >= 15 is 0 Å². The SMILES string of the molecule is CC1CC1(C(=O)O)c1cc(Cl)cc(Cl)c1N. The van der Waals surface area contributed by atoms with Crippen molar-refractivity contribution in [2.24, 2.45) is 5.92 Å². The van der Waals surface area contributed by atoms with Crippen molar-refractivity contribution in [3.8, 4) is 0 Å². The first-order valence-electron chi connectivity index (χ1n) is 4.88. The van der Waals surface area contributed by atoms with E-state index in [1.807, 2.05) is 6.92 Å². The molecule has 0 spiro atoms. The van der Waals surface area contributed by atoms with Crippen molar-refractivity contribution < 1.29 is 9.90 Å². The average Bonchev–Trinajstić information content (AvgIpc) is 2.85. The molecule has 2 rings (SSSR count). The second-order valence-electron chi connectivity index (χ2n) is 4.23. The summed E-state index contributed by atoms with van der Waals surface area (Å²) in [4.78, 5) is 11.3. The van der Waals surface area contributed by atoms with Gasteiger partial charge in [-0.15, -0.1) is 0 Å². The average molecular weight is 260 g/mol. The number of anilines is 1. The van der Waals surface area contributed by atoms with Crippen molar-refractivity contribution in [2.75, 3.05) is 5.73 Å². The van der Waals surface area contributed by atoms with Crippen LogP contribution in [0.4, 0.5) is 5.69 Å². The maximum atomic E-state index is 11.3. The first kappa shape index (κ1) is 11.6. The molecular weight excluding hydrogens is 249 g/mol. The topological polar surface area (TPSA) is 63.3 Å². The predicted molar refractivity (Wildman–Crippen MR) is 64.0 cm³/mol. The summed E-state index contributed by atoms with van der Waals surface area (Å²) in [6.45, 7) is 1.88. The van der Waals surface area contributed by atoms with Crippen LogP contribution in [0.1, 0.15) is 18.9 Å². The van der Waals surface area contributed by atoms with Gasteiger partial charge in [-0.25, -0.2) is 0 Å². The Kier molecular flexibility index (Phi) is 2.55. The summed E-state index contributed by atoms with van der Waals surface area (Å²) in [5, 5.41) is 10.0. The molecule has 5 heteroatoms. The predicted octanol–water partition coefficient (Wildman–Crippen LogP) is 2.94. The zero-order chi connectivity index (χ0) is 12.1. The van der Waals surface area contributed by atoms with Gasteiger partial charge in [-0.2, -0.15) is 0 Å². The van der Waals surface area contributed by atoms with Crippen LogP contribution in [-0.4, -0.2) is 11.1 Å². The molecule has 1 fully saturated rings. The van der Waals surface area contributed by atoms with E-state index in [1.165, 1.54) is 6.07 Å². The fourth-order valence-electron chi connectivity index (χ4n) is 2.17. The van der Waals surface area contributed by atoms with E-state index in [2.05, 4.69) is 0 Å². The number of hydrogen-bond acceptors (Lipinski definition) is 2. The minimum absolute atomic E-state index is 0.0573. The normalized spacial score (nSPS) is 27.8. The lowest BCUT2D eigenvalue weighted by Gasteiger charge is -2.16. The fraction of sp³-hybridized carbons (Fsp3) is 0.364. The van der Waals surface area contributed by atoms with Crippen LogP contribution in [0.25, 0.3) is 0 Å². The van der Waals surface area contributed by atoms with Gasteiger partial charge in [0.2, 0.25) is 0 Å². The molecule has 0 bridgehead atoms. The highest BCUT2D eigenvalue weighted by Crippen LogP contribution is 2.56. The molecule has 3 N–H and O–H groups in total. The molecule has 2 atom stereocenters. The van der Waals surface area contributed by atoms with Crippen molar-refractivity contribution in [1.29, 1.82) is 0 Å². The van der Waals surface area contributed by atoms with Crippen LogP contribution in [0.5, 0.6) is 0 Å². The summed E-state index contributed by atoms with van der Waals surface area (Å²) < 4.78 is 0. The minimum atomic E-state index is -0.904. The number of nitrogen functional groups attached to an aromatic ring is 1. The lowest BCUT2D eigenvalue weighted by Crippen LogP contribution is -2.23. The van der Waals surface area contributed by atoms with Crippen molar-refractivity contribution in [3.05, 3.63) is 27.7 Å². The molecule has 2 unspecified atom stereocenters. The summed E-state index contributed by atoms with van der Waals surface area (Å²) in [6, 6.07) is 3.12. The van der Waals surface area contributed by atoms with Gasteiger partial charge in [0.05, 0.1) is 16.1 Å². The Hall–Kier alpha value is -0.930. The molecule has 3 nitrogen and oxygen atoms in total. The summed E-state index contributed by atoms with van der Waals surface area (Å²) in [5.41, 5.74) is 5.77. The summed E-state index contributed by atoms with van der Waals surface area (Å²) >= 11 is 11.8. The fourth-order valence-corrected chi connectivity index (χ4v) is 2.66. The molecule has 1 aromatic carbocycles. The van der Waals surface area contributed by atoms with Gasteiger partial charge < -0.3 is 10.8 Å². The Morgan fingerprint density at radius 1 is 1.56 bits per heavy atom. The molecule has 86 valence electrons. The van der Waals surface area contributed by atoms with Crippen molar-refractivity contribution in [1.82, 2.24) is 0 Å². The van der Waals surface area contributed by atoms with Crippen LogP contribution >= 0.6 is 23.2 Å². The standard InChI is InChI=1S/C11H11Cl2NO2/c1-5-4-11(5,10(15)16)7-2-6(12)3-8(13)9(7)14/h2-3,5H,4,14H2,1H3,(H,15,16). The monoisotopic (exact) mass is 259 g/mol. The lowest BCUT2D eigenvalue weighted by atomic mass is 9.92. The first-order valence-corrected chi connectivity index (χ1v) is 5.63. The molecular formula is C11H11Cl2NO2. The van der Waals surface area contributed by atoms with E-state index in [9.17, 15) is 9.90 Å². The number of carboxylic acids is 1. The van der Waals surface area contributed by atoms with E-state index in [-0.39, 0.29) is 5.92 Å². The number of nitrogens with two attached hydrogens (primary N) is 1. The Balaban J connectivity index is 2.61. The number of benzene rings is 1. The molecule has 0 aromatic heterocycles. The van der Waals surface area contributed by atoms with Gasteiger partial charge >= 0.3 is 5.97 Å². The number of hydrogen-bond donors (Lipinski definition) is 2. The number of halogens is 2. The lowest BCUT2D eigenvalue weighted by molar-refractivity contribution is -0.140. The quantitative estimate of drug-likeness (QED) is 0.803. The number of aliphatic carboxylic acids is 1. The highest BCUT2D eigenvalue weighted by atomic mass is 35.5. The van der Waals surface area contributed by atoms with E-state index in [1.54, 1.807) is 6.07 Å². The second-order valence-corrected chi connectivity index (χ2v) is 5.07. The Morgan fingerprint density at radius 3 is 2.56 bits per heavy atom. The maximum Gasteiger partial charge on any atom is 0.314 e. The molecule has 16 heavy (non-hydrogen) atoms. The zero-order valence-corrected chi connectivity index (χ0v) is 10.1. The van der Waals surface area contributed by atoms with Crippen molar-refractivity contribution in [2.45, 2.75) is 18.8 Å². The smallest absolute Gasteiger partial charge is 0.314 e. The maximum absolute atomic E-state index is 11.3. The molecule has 1 aliphatic rings. The summed E-state index contributed by atoms with van der Waals surface area (Å²) in [6.07, 6.45) is 0.573. The Labute approximate surface area is 103 Å². The summed E-state index contributed by atoms with van der Waals surface area (Å²) in [7, 11) is 0. The van der Waals surface area contributed by atoms with Gasteiger partial charge in [0.1, 0.15) is 0 Å². The molecule has 0 saturated heterocycles. The van der Waals surface area contributed by atoms with Gasteiger partial charge in [-0.1, -0.05) is 30.1 Å². The first-order chi connectivity index (χ1) is 7.39. The molecule has 0 aliphatic heterocycles. The third-order valence-corrected chi connectivity index (χ3v) is 3.80. The van der Waals surface area contributed by atoms with Gasteiger partial charge in [-0.3, -0.25) is 4.79 Å². The highest BCUT2D eigenvalue weighted by Gasteiger charge is 2.60. The molecule has 1 saturated carbocycles. The Morgan fingerprint density at radius 2 is 2.12 bits per heavy atom. The summed E-state index contributed by atoms with van der Waals surface area (Å²) in [5.74, 6) is -0.813. The number of carbonyl (C=O) groups is 1. The minimum Gasteiger partial charge on any atom is -0.481 e. The van der Waals surface area contributed by atoms with Crippen molar-refractivity contribution >= 4 is 34.9 Å². The van der Waals surface area contributed by atoms with Gasteiger partial charge in [0.25, 0.3) is 0 Å². The van der Waals surface area contributed by atoms with Crippen LogP contribution < -0.4 is 5.73 Å². The number of rotatable bonds is 2. The third-order valence-electron chi connectivity index (χ3n) is 3.27. The van der Waals surface area contributed by atoms with Gasteiger partial charge in [0.15, 0.2) is 0 Å². The number of carboxylic acid groups (broad SMARTS) is 1. The van der Waals surface area contributed by atoms with Gasteiger partial charge in [-0.05, 0) is 30.0 Å². The van der Waals surface area contributed by atoms with E-state index < -0.39 is 11.4 Å². The van der Waals surface area contributed by atoms with Crippen LogP contribution in [0.2, 0.25) is 10.0 Å². The Bertz CT molecular complexity index is 475. The molecule has 1 aliphatic carbocycles. The largest absolute Gasteiger partial charge is 0.481 e. The molecule has 0 radical (unpaired) electrons.